The highest BCUT2D eigenvalue weighted by Gasteiger charge is 2.15. The number of methoxy groups -OCH3 is 1. The summed E-state index contributed by atoms with van der Waals surface area (Å²) in [6.45, 7) is 2.10. The van der Waals surface area contributed by atoms with Gasteiger partial charge in [-0.25, -0.2) is 8.42 Å². The number of rotatable bonds is 6. The SMILES string of the molecule is CCc1cccc2sc(=NC(=O)c3ccc(NS(=O)(=O)c4ccc(OC)cc4)cc3)n(C)c12. The molecular formula is C24H23N3O4S2. The maximum Gasteiger partial charge on any atom is 0.279 e. The highest BCUT2D eigenvalue weighted by atomic mass is 32.2. The minimum atomic E-state index is -3.76. The van der Waals surface area contributed by atoms with Crippen LogP contribution in [0.25, 0.3) is 10.2 Å². The summed E-state index contributed by atoms with van der Waals surface area (Å²) in [6.07, 6.45) is 0.892. The minimum absolute atomic E-state index is 0.113. The first kappa shape index (κ1) is 22.8. The maximum atomic E-state index is 12.8. The van der Waals surface area contributed by atoms with Gasteiger partial charge < -0.3 is 9.30 Å². The molecule has 3 aromatic carbocycles. The number of para-hydroxylation sites is 1. The van der Waals surface area contributed by atoms with E-state index in [0.717, 1.165) is 16.6 Å². The van der Waals surface area contributed by atoms with Gasteiger partial charge in [-0.15, -0.1) is 0 Å². The number of nitrogens with one attached hydrogen (secondary N) is 1. The number of hydrogen-bond donors (Lipinski definition) is 1. The molecule has 1 amide bonds. The van der Waals surface area contributed by atoms with E-state index < -0.39 is 10.0 Å². The lowest BCUT2D eigenvalue weighted by Crippen LogP contribution is -2.14. The number of aromatic nitrogens is 1. The molecule has 0 aliphatic carbocycles. The van der Waals surface area contributed by atoms with Crippen molar-refractivity contribution in [2.75, 3.05) is 11.8 Å². The number of carbonyl (C=O) groups is 1. The zero-order chi connectivity index (χ0) is 23.6. The third-order valence-electron chi connectivity index (χ3n) is 5.24. The lowest BCUT2D eigenvalue weighted by Gasteiger charge is -2.09. The summed E-state index contributed by atoms with van der Waals surface area (Å²) in [4.78, 5) is 17.8. The normalized spacial score (nSPS) is 12.2. The number of aryl methyl sites for hydroxylation is 2. The predicted molar refractivity (Wildman–Crippen MR) is 130 cm³/mol. The molecule has 0 unspecified atom stereocenters. The molecule has 7 nitrogen and oxygen atoms in total. The third-order valence-corrected chi connectivity index (χ3v) is 7.73. The number of ether oxygens (including phenoxy) is 1. The van der Waals surface area contributed by atoms with Crippen LogP contribution in [0.5, 0.6) is 5.75 Å². The molecule has 4 rings (SSSR count). The van der Waals surface area contributed by atoms with Crippen molar-refractivity contribution in [3.8, 4) is 5.75 Å². The number of thiazole rings is 1. The quantitative estimate of drug-likeness (QED) is 0.443. The topological polar surface area (TPSA) is 89.8 Å². The fourth-order valence-electron chi connectivity index (χ4n) is 3.48. The molecular weight excluding hydrogens is 458 g/mol. The summed E-state index contributed by atoms with van der Waals surface area (Å²) in [5.74, 6) is 0.179. The van der Waals surface area contributed by atoms with Crippen molar-refractivity contribution in [2.45, 2.75) is 18.2 Å². The smallest absolute Gasteiger partial charge is 0.279 e. The second kappa shape index (κ2) is 9.21. The lowest BCUT2D eigenvalue weighted by molar-refractivity contribution is 0.0998. The summed E-state index contributed by atoms with van der Waals surface area (Å²) in [5, 5.41) is 0. The Bertz CT molecular complexity index is 1480. The number of benzene rings is 3. The third kappa shape index (κ3) is 4.69. The number of carbonyl (C=O) groups excluding carboxylic acids is 1. The van der Waals surface area contributed by atoms with E-state index in [9.17, 15) is 13.2 Å². The van der Waals surface area contributed by atoms with Gasteiger partial charge >= 0.3 is 0 Å². The van der Waals surface area contributed by atoms with Crippen LogP contribution in [-0.2, 0) is 23.5 Å². The van der Waals surface area contributed by atoms with Gasteiger partial charge in [0.1, 0.15) is 5.75 Å². The first-order valence-corrected chi connectivity index (χ1v) is 12.6. The Labute approximate surface area is 196 Å². The maximum absolute atomic E-state index is 12.8. The molecule has 9 heteroatoms. The van der Waals surface area contributed by atoms with Crippen molar-refractivity contribution in [1.29, 1.82) is 0 Å². The van der Waals surface area contributed by atoms with Gasteiger partial charge in [-0.3, -0.25) is 9.52 Å². The van der Waals surface area contributed by atoms with Crippen molar-refractivity contribution in [3.63, 3.8) is 0 Å². The van der Waals surface area contributed by atoms with E-state index in [0.29, 0.717) is 21.8 Å². The van der Waals surface area contributed by atoms with Crippen LogP contribution in [0, 0.1) is 0 Å². The second-order valence-corrected chi connectivity index (χ2v) is 10.0. The average Bonchev–Trinajstić information content (AvgIpc) is 3.14. The molecule has 0 spiro atoms. The van der Waals surface area contributed by atoms with Gasteiger partial charge in [0.25, 0.3) is 15.9 Å². The van der Waals surface area contributed by atoms with Crippen LogP contribution in [0.2, 0.25) is 0 Å². The standard InChI is InChI=1S/C24H23N3O4S2/c1-4-16-6-5-7-21-22(16)27(2)24(32-21)25-23(28)17-8-10-18(11-9-17)26-33(29,30)20-14-12-19(31-3)13-15-20/h5-15,26H,4H2,1-3H3. The van der Waals surface area contributed by atoms with Crippen molar-refractivity contribution in [3.05, 3.63) is 82.7 Å². The number of fused-ring (bicyclic) bond motifs is 1. The van der Waals surface area contributed by atoms with Gasteiger partial charge in [-0.05, 0) is 66.6 Å². The van der Waals surface area contributed by atoms with E-state index in [1.807, 2.05) is 23.7 Å². The van der Waals surface area contributed by atoms with Gasteiger partial charge in [-0.1, -0.05) is 30.4 Å². The molecule has 170 valence electrons. The van der Waals surface area contributed by atoms with Gasteiger partial charge in [0.05, 0.1) is 22.2 Å². The molecule has 0 saturated carbocycles. The van der Waals surface area contributed by atoms with Crippen LogP contribution < -0.4 is 14.3 Å². The highest BCUT2D eigenvalue weighted by molar-refractivity contribution is 7.92. The highest BCUT2D eigenvalue weighted by Crippen LogP contribution is 2.22. The molecule has 1 aromatic heterocycles. The molecule has 1 heterocycles. The summed E-state index contributed by atoms with van der Waals surface area (Å²) in [5.41, 5.74) is 3.01. The number of nitrogens with zero attached hydrogens (tertiary/aromatic N) is 2. The van der Waals surface area contributed by atoms with Gasteiger partial charge in [0, 0.05) is 18.3 Å². The summed E-state index contributed by atoms with van der Waals surface area (Å²) < 4.78 is 35.8. The molecule has 1 N–H and O–H groups in total. The zero-order valence-corrected chi connectivity index (χ0v) is 20.0. The van der Waals surface area contributed by atoms with E-state index in [1.165, 1.54) is 36.1 Å². The van der Waals surface area contributed by atoms with Crippen molar-refractivity contribution >= 4 is 43.2 Å². The van der Waals surface area contributed by atoms with Crippen molar-refractivity contribution < 1.29 is 17.9 Å². The number of anilines is 1. The Morgan fingerprint density at radius 1 is 1.06 bits per heavy atom. The summed E-state index contributed by atoms with van der Waals surface area (Å²) in [6, 6.07) is 18.4. The van der Waals surface area contributed by atoms with Crippen LogP contribution in [0.1, 0.15) is 22.8 Å². The molecule has 0 fully saturated rings. The largest absolute Gasteiger partial charge is 0.497 e. The fraction of sp³-hybridized carbons (Fsp3) is 0.167. The number of amides is 1. The van der Waals surface area contributed by atoms with E-state index >= 15 is 0 Å². The Balaban J connectivity index is 1.56. The molecule has 0 aliphatic rings. The molecule has 0 saturated heterocycles. The van der Waals surface area contributed by atoms with E-state index in [2.05, 4.69) is 22.7 Å². The Morgan fingerprint density at radius 2 is 1.76 bits per heavy atom. The Morgan fingerprint density at radius 3 is 2.39 bits per heavy atom. The van der Waals surface area contributed by atoms with Crippen molar-refractivity contribution in [1.82, 2.24) is 4.57 Å². The van der Waals surface area contributed by atoms with E-state index in [1.54, 1.807) is 36.4 Å². The van der Waals surface area contributed by atoms with Crippen molar-refractivity contribution in [2.24, 2.45) is 12.0 Å². The molecule has 0 aliphatic heterocycles. The van der Waals surface area contributed by atoms with Crippen LogP contribution in [-0.4, -0.2) is 26.0 Å². The lowest BCUT2D eigenvalue weighted by atomic mass is 10.1. The number of hydrogen-bond acceptors (Lipinski definition) is 5. The van der Waals surface area contributed by atoms with Gasteiger partial charge in [0.2, 0.25) is 0 Å². The monoisotopic (exact) mass is 481 g/mol. The van der Waals surface area contributed by atoms with Gasteiger partial charge in [0.15, 0.2) is 4.80 Å². The Hall–Kier alpha value is -3.43. The summed E-state index contributed by atoms with van der Waals surface area (Å²) >= 11 is 1.46. The number of sulfonamides is 1. The molecule has 4 aromatic rings. The predicted octanol–water partition coefficient (Wildman–Crippen LogP) is 4.35. The van der Waals surface area contributed by atoms with Gasteiger partial charge in [-0.2, -0.15) is 4.99 Å². The molecule has 0 bridgehead atoms. The minimum Gasteiger partial charge on any atom is -0.497 e. The average molecular weight is 482 g/mol. The zero-order valence-electron chi connectivity index (χ0n) is 18.4. The molecule has 0 radical (unpaired) electrons. The second-order valence-electron chi connectivity index (χ2n) is 7.34. The first-order chi connectivity index (χ1) is 15.8. The Kier molecular flexibility index (Phi) is 6.35. The van der Waals surface area contributed by atoms with E-state index in [-0.39, 0.29) is 10.8 Å². The summed E-state index contributed by atoms with van der Waals surface area (Å²) in [7, 11) is -0.345. The molecule has 33 heavy (non-hydrogen) atoms. The van der Waals surface area contributed by atoms with E-state index in [4.69, 9.17) is 4.74 Å². The molecule has 0 atom stereocenters. The van der Waals surface area contributed by atoms with Crippen LogP contribution in [0.15, 0.2) is 76.6 Å². The first-order valence-electron chi connectivity index (χ1n) is 10.3. The fourth-order valence-corrected chi connectivity index (χ4v) is 5.60. The van der Waals surface area contributed by atoms with Crippen LogP contribution >= 0.6 is 11.3 Å². The van der Waals surface area contributed by atoms with Crippen LogP contribution in [0.3, 0.4) is 0 Å². The van der Waals surface area contributed by atoms with Crippen LogP contribution in [0.4, 0.5) is 5.69 Å².